The highest BCUT2D eigenvalue weighted by molar-refractivity contribution is 14.0. The second-order valence-electron chi connectivity index (χ2n) is 7.55. The van der Waals surface area contributed by atoms with Crippen LogP contribution >= 0.6 is 24.0 Å². The van der Waals surface area contributed by atoms with E-state index in [0.29, 0.717) is 19.7 Å². The molecule has 0 bridgehead atoms. The van der Waals surface area contributed by atoms with Gasteiger partial charge in [0.05, 0.1) is 13.2 Å². The average Bonchev–Trinajstić information content (AvgIpc) is 3.30. The fourth-order valence-corrected chi connectivity index (χ4v) is 3.97. The van der Waals surface area contributed by atoms with Gasteiger partial charge in [-0.15, -0.1) is 34.2 Å². The van der Waals surface area contributed by atoms with Crippen molar-refractivity contribution in [3.8, 4) is 11.5 Å². The Hall–Kier alpha value is -2.04. The number of ether oxygens (including phenoxy) is 2. The molecule has 1 aromatic heterocycles. The monoisotopic (exact) mass is 526 g/mol. The zero-order valence-electron chi connectivity index (χ0n) is 17.9. The molecule has 2 aliphatic rings. The van der Waals surface area contributed by atoms with Crippen LogP contribution in [0.4, 0.5) is 0 Å². The third-order valence-electron chi connectivity index (χ3n) is 5.40. The van der Waals surface area contributed by atoms with Crippen LogP contribution in [0.3, 0.4) is 0 Å². The molecular formula is C21H31IN6O2. The van der Waals surface area contributed by atoms with Gasteiger partial charge in [0.15, 0.2) is 11.8 Å². The fourth-order valence-electron chi connectivity index (χ4n) is 3.97. The number of nitrogens with zero attached hydrogens (tertiary/aromatic N) is 4. The average molecular weight is 526 g/mol. The van der Waals surface area contributed by atoms with Crippen LogP contribution in [-0.4, -0.2) is 40.5 Å². The maximum Gasteiger partial charge on any atom is 0.191 e. The summed E-state index contributed by atoms with van der Waals surface area (Å²) in [6, 6.07) is 4.19. The summed E-state index contributed by atoms with van der Waals surface area (Å²) in [5.74, 6) is 4.62. The van der Waals surface area contributed by atoms with Gasteiger partial charge < -0.3 is 24.7 Å². The van der Waals surface area contributed by atoms with Crippen LogP contribution in [0.1, 0.15) is 49.5 Å². The minimum atomic E-state index is 0. The van der Waals surface area contributed by atoms with E-state index in [9.17, 15) is 0 Å². The number of hydrogen-bond acceptors (Lipinski definition) is 5. The third kappa shape index (κ3) is 4.98. The topological polar surface area (TPSA) is 85.6 Å². The maximum absolute atomic E-state index is 5.92. The third-order valence-corrected chi connectivity index (χ3v) is 5.40. The smallest absolute Gasteiger partial charge is 0.191 e. The number of aryl methyl sites for hydroxylation is 1. The molecular weight excluding hydrogens is 495 g/mol. The second kappa shape index (κ2) is 10.3. The summed E-state index contributed by atoms with van der Waals surface area (Å²) in [4.78, 5) is 4.34. The highest BCUT2D eigenvalue weighted by Crippen LogP contribution is 2.35. The zero-order chi connectivity index (χ0) is 20.2. The number of rotatable bonds is 6. The molecule has 164 valence electrons. The minimum absolute atomic E-state index is 0. The first kappa shape index (κ1) is 22.6. The Bertz CT molecular complexity index is 898. The zero-order valence-corrected chi connectivity index (χ0v) is 20.2. The molecule has 0 amide bonds. The van der Waals surface area contributed by atoms with Crippen molar-refractivity contribution in [2.75, 3.05) is 13.7 Å². The predicted molar refractivity (Wildman–Crippen MR) is 127 cm³/mol. The lowest BCUT2D eigenvalue weighted by atomic mass is 10.1. The van der Waals surface area contributed by atoms with E-state index in [4.69, 9.17) is 9.47 Å². The van der Waals surface area contributed by atoms with Crippen molar-refractivity contribution >= 4 is 29.9 Å². The summed E-state index contributed by atoms with van der Waals surface area (Å²) >= 11 is 0. The highest BCUT2D eigenvalue weighted by atomic mass is 127. The molecule has 8 nitrogen and oxygen atoms in total. The summed E-state index contributed by atoms with van der Waals surface area (Å²) in [5, 5.41) is 15.4. The molecule has 3 heterocycles. The van der Waals surface area contributed by atoms with E-state index in [-0.39, 0.29) is 30.1 Å². The quantitative estimate of drug-likeness (QED) is 0.342. The van der Waals surface area contributed by atoms with E-state index in [0.717, 1.165) is 54.1 Å². The molecule has 0 saturated carbocycles. The van der Waals surface area contributed by atoms with Crippen molar-refractivity contribution in [1.82, 2.24) is 25.4 Å². The van der Waals surface area contributed by atoms with Crippen molar-refractivity contribution in [1.29, 1.82) is 0 Å². The fraction of sp³-hybridized carbons (Fsp3) is 0.571. The lowest BCUT2D eigenvalue weighted by Crippen LogP contribution is -2.37. The van der Waals surface area contributed by atoms with E-state index < -0.39 is 0 Å². The van der Waals surface area contributed by atoms with Crippen molar-refractivity contribution in [2.45, 2.75) is 65.3 Å². The van der Waals surface area contributed by atoms with Gasteiger partial charge in [0.25, 0.3) is 0 Å². The van der Waals surface area contributed by atoms with Crippen LogP contribution in [0, 0.1) is 0 Å². The molecule has 2 aliphatic heterocycles. The Morgan fingerprint density at radius 3 is 2.90 bits per heavy atom. The SMILES string of the molecule is CCOc1cc2c(cc1CNC(=NC)NCc1nnc3n1CCCC3)OC(C)C2.I. The van der Waals surface area contributed by atoms with Crippen LogP contribution < -0.4 is 20.1 Å². The van der Waals surface area contributed by atoms with E-state index >= 15 is 0 Å². The van der Waals surface area contributed by atoms with Gasteiger partial charge in [-0.05, 0) is 38.8 Å². The summed E-state index contributed by atoms with van der Waals surface area (Å²) in [7, 11) is 1.77. The van der Waals surface area contributed by atoms with Gasteiger partial charge >= 0.3 is 0 Å². The number of nitrogens with one attached hydrogen (secondary N) is 2. The predicted octanol–water partition coefficient (Wildman–Crippen LogP) is 2.82. The van der Waals surface area contributed by atoms with Crippen molar-refractivity contribution in [3.05, 3.63) is 34.9 Å². The number of hydrogen-bond donors (Lipinski definition) is 2. The molecule has 0 aliphatic carbocycles. The molecule has 0 radical (unpaired) electrons. The van der Waals surface area contributed by atoms with Crippen molar-refractivity contribution in [3.63, 3.8) is 0 Å². The van der Waals surface area contributed by atoms with Crippen molar-refractivity contribution < 1.29 is 9.47 Å². The molecule has 4 rings (SSSR count). The van der Waals surface area contributed by atoms with Crippen LogP contribution in [-0.2, 0) is 32.5 Å². The van der Waals surface area contributed by atoms with Crippen molar-refractivity contribution in [2.24, 2.45) is 4.99 Å². The van der Waals surface area contributed by atoms with E-state index in [1.807, 2.05) is 6.92 Å². The molecule has 1 aromatic carbocycles. The number of benzene rings is 1. The van der Waals surface area contributed by atoms with Gasteiger partial charge in [0.2, 0.25) is 0 Å². The molecule has 0 saturated heterocycles. The van der Waals surface area contributed by atoms with Gasteiger partial charge in [-0.1, -0.05) is 0 Å². The standard InChI is InChI=1S/C21H30N6O2.HI/c1-4-28-17-10-15-9-14(2)29-18(15)11-16(17)12-23-21(22-3)24-13-20-26-25-19-7-5-6-8-27(19)20;/h10-11,14H,4-9,12-13H2,1-3H3,(H2,22,23,24);1H. The van der Waals surface area contributed by atoms with Gasteiger partial charge in [-0.3, -0.25) is 4.99 Å². The van der Waals surface area contributed by atoms with E-state index in [2.05, 4.69) is 49.4 Å². The lowest BCUT2D eigenvalue weighted by Gasteiger charge is -2.17. The number of aromatic nitrogens is 3. The molecule has 2 aromatic rings. The molecule has 2 N–H and O–H groups in total. The van der Waals surface area contributed by atoms with Crippen LogP contribution in [0.25, 0.3) is 0 Å². The van der Waals surface area contributed by atoms with Crippen LogP contribution in [0.15, 0.2) is 17.1 Å². The second-order valence-corrected chi connectivity index (χ2v) is 7.55. The summed E-state index contributed by atoms with van der Waals surface area (Å²) in [6.07, 6.45) is 4.53. The van der Waals surface area contributed by atoms with Gasteiger partial charge in [0.1, 0.15) is 23.4 Å². The number of guanidine groups is 1. The van der Waals surface area contributed by atoms with Gasteiger partial charge in [-0.25, -0.2) is 0 Å². The summed E-state index contributed by atoms with van der Waals surface area (Å²) in [6.45, 7) is 6.91. The first-order valence-corrected chi connectivity index (χ1v) is 10.5. The van der Waals surface area contributed by atoms with Crippen LogP contribution in [0.2, 0.25) is 0 Å². The largest absolute Gasteiger partial charge is 0.494 e. The first-order valence-electron chi connectivity index (χ1n) is 10.5. The Kier molecular flexibility index (Phi) is 7.79. The number of fused-ring (bicyclic) bond motifs is 2. The molecule has 1 atom stereocenters. The normalized spacial score (nSPS) is 17.4. The molecule has 1 unspecified atom stereocenters. The number of aliphatic imine (C=N–C) groups is 1. The molecule has 0 fully saturated rings. The molecule has 9 heteroatoms. The Morgan fingerprint density at radius 2 is 2.10 bits per heavy atom. The summed E-state index contributed by atoms with van der Waals surface area (Å²) in [5.41, 5.74) is 2.27. The number of halogens is 1. The Labute approximate surface area is 194 Å². The minimum Gasteiger partial charge on any atom is -0.494 e. The maximum atomic E-state index is 5.92. The van der Waals surface area contributed by atoms with Gasteiger partial charge in [-0.2, -0.15) is 0 Å². The lowest BCUT2D eigenvalue weighted by molar-refractivity contribution is 0.254. The Balaban J connectivity index is 0.00000256. The molecule has 30 heavy (non-hydrogen) atoms. The summed E-state index contributed by atoms with van der Waals surface area (Å²) < 4.78 is 14.0. The molecule has 0 spiro atoms. The Morgan fingerprint density at radius 1 is 1.27 bits per heavy atom. The first-order chi connectivity index (χ1) is 14.2. The van der Waals surface area contributed by atoms with Crippen LogP contribution in [0.5, 0.6) is 11.5 Å². The van der Waals surface area contributed by atoms with E-state index in [1.165, 1.54) is 18.4 Å². The van der Waals surface area contributed by atoms with Gasteiger partial charge in [0, 0.05) is 44.1 Å². The highest BCUT2D eigenvalue weighted by Gasteiger charge is 2.22. The van der Waals surface area contributed by atoms with E-state index in [1.54, 1.807) is 7.05 Å².